The predicted molar refractivity (Wildman–Crippen MR) is 116 cm³/mol. The number of nitrogens with one attached hydrogen (secondary N) is 1. The van der Waals surface area contributed by atoms with Gasteiger partial charge in [-0.05, 0) is 61.8 Å². The topological polar surface area (TPSA) is 67.4 Å². The van der Waals surface area contributed by atoms with E-state index in [-0.39, 0.29) is 28.6 Å². The molecule has 3 fully saturated rings. The lowest BCUT2D eigenvalue weighted by molar-refractivity contribution is -0.145. The van der Waals surface area contributed by atoms with Crippen LogP contribution in [0.25, 0.3) is 11.3 Å². The van der Waals surface area contributed by atoms with Crippen molar-refractivity contribution in [1.82, 2.24) is 15.1 Å². The maximum absolute atomic E-state index is 14.0. The maximum Gasteiger partial charge on any atom is 0.228 e. The van der Waals surface area contributed by atoms with E-state index in [9.17, 15) is 18.0 Å². The zero-order chi connectivity index (χ0) is 23.2. The van der Waals surface area contributed by atoms with Crippen molar-refractivity contribution in [3.8, 4) is 11.3 Å². The first-order valence-electron chi connectivity index (χ1n) is 11.5. The Morgan fingerprint density at radius 2 is 1.73 bits per heavy atom. The molecule has 1 aliphatic carbocycles. The van der Waals surface area contributed by atoms with Gasteiger partial charge in [-0.3, -0.25) is 4.79 Å². The highest BCUT2D eigenvalue weighted by atomic mass is 19.2. The zero-order valence-corrected chi connectivity index (χ0v) is 18.5. The molecule has 3 aliphatic rings. The summed E-state index contributed by atoms with van der Waals surface area (Å²) in [5, 5.41) is 11.5. The lowest BCUT2D eigenvalue weighted by Gasteiger charge is -2.36. The second kappa shape index (κ2) is 8.59. The molecular formula is C24H27F3N4O2. The van der Waals surface area contributed by atoms with Crippen molar-refractivity contribution in [1.29, 1.82) is 0 Å². The van der Waals surface area contributed by atoms with E-state index in [1.807, 2.05) is 4.90 Å². The summed E-state index contributed by atoms with van der Waals surface area (Å²) in [4.78, 5) is 15.1. The molecule has 33 heavy (non-hydrogen) atoms. The van der Waals surface area contributed by atoms with Gasteiger partial charge in [0.1, 0.15) is 5.82 Å². The number of rotatable bonds is 4. The summed E-state index contributed by atoms with van der Waals surface area (Å²) in [6.45, 7) is 4.94. The molecule has 1 unspecified atom stereocenters. The molecule has 1 aromatic carbocycles. The Hall–Kier alpha value is -2.68. The summed E-state index contributed by atoms with van der Waals surface area (Å²) < 4.78 is 46.1. The molecule has 3 atom stereocenters. The van der Waals surface area contributed by atoms with Crippen molar-refractivity contribution in [2.24, 2.45) is 17.3 Å². The van der Waals surface area contributed by atoms with Crippen molar-refractivity contribution in [2.45, 2.75) is 38.6 Å². The monoisotopic (exact) mass is 460 g/mol. The van der Waals surface area contributed by atoms with E-state index >= 15 is 0 Å². The number of nitrogens with zero attached hydrogens (tertiary/aromatic N) is 3. The Kier molecular flexibility index (Phi) is 5.76. The number of amides is 1. The second-order valence-corrected chi connectivity index (χ2v) is 9.74. The molecule has 2 aliphatic heterocycles. The lowest BCUT2D eigenvalue weighted by atomic mass is 9.81. The van der Waals surface area contributed by atoms with Crippen molar-refractivity contribution >= 4 is 11.7 Å². The van der Waals surface area contributed by atoms with E-state index in [1.165, 1.54) is 6.07 Å². The van der Waals surface area contributed by atoms with Gasteiger partial charge in [0.15, 0.2) is 17.5 Å². The van der Waals surface area contributed by atoms with Crippen LogP contribution < -0.4 is 5.32 Å². The van der Waals surface area contributed by atoms with E-state index in [2.05, 4.69) is 22.4 Å². The average molecular weight is 461 g/mol. The molecule has 9 heteroatoms. The van der Waals surface area contributed by atoms with Crippen molar-refractivity contribution in [3.05, 3.63) is 41.7 Å². The normalized spacial score (nSPS) is 26.3. The minimum atomic E-state index is -1.52. The summed E-state index contributed by atoms with van der Waals surface area (Å²) in [5.41, 5.74) is -0.305. The van der Waals surface area contributed by atoms with Crippen LogP contribution in [0.3, 0.4) is 0 Å². The molecule has 2 saturated heterocycles. The molecule has 0 spiro atoms. The van der Waals surface area contributed by atoms with Gasteiger partial charge in [0.25, 0.3) is 0 Å². The third-order valence-electron chi connectivity index (χ3n) is 7.48. The van der Waals surface area contributed by atoms with Crippen LogP contribution in [0.2, 0.25) is 0 Å². The summed E-state index contributed by atoms with van der Waals surface area (Å²) in [7, 11) is 0. The number of anilines is 1. The quantitative estimate of drug-likeness (QED) is 0.698. The van der Waals surface area contributed by atoms with Crippen LogP contribution in [0, 0.1) is 34.7 Å². The van der Waals surface area contributed by atoms with Crippen LogP contribution in [-0.4, -0.2) is 53.3 Å². The van der Waals surface area contributed by atoms with Gasteiger partial charge in [-0.25, -0.2) is 13.2 Å². The summed E-state index contributed by atoms with van der Waals surface area (Å²) >= 11 is 0. The number of halogens is 3. The Balaban J connectivity index is 1.18. The molecule has 1 aromatic heterocycles. The number of likely N-dealkylation sites (tertiary alicyclic amines) is 1. The van der Waals surface area contributed by atoms with E-state index in [0.29, 0.717) is 30.9 Å². The highest BCUT2D eigenvalue weighted by Crippen LogP contribution is 2.42. The molecule has 3 heterocycles. The fourth-order valence-electron chi connectivity index (χ4n) is 5.49. The Morgan fingerprint density at radius 1 is 1.03 bits per heavy atom. The molecule has 6 nitrogen and oxygen atoms in total. The van der Waals surface area contributed by atoms with E-state index in [0.717, 1.165) is 50.9 Å². The fraction of sp³-hybridized carbons (Fsp3) is 0.542. The molecule has 2 aromatic rings. The van der Waals surface area contributed by atoms with E-state index in [1.54, 1.807) is 6.07 Å². The molecule has 1 saturated carbocycles. The largest absolute Gasteiger partial charge is 0.381 e. The first-order chi connectivity index (χ1) is 15.8. The number of carbonyl (C=O) groups excluding carboxylic acids is 1. The first kappa shape index (κ1) is 22.1. The number of carbonyl (C=O) groups is 1. The summed E-state index contributed by atoms with van der Waals surface area (Å²) in [6.07, 6.45) is 3.45. The van der Waals surface area contributed by atoms with Gasteiger partial charge in [-0.15, -0.1) is 10.2 Å². The van der Waals surface area contributed by atoms with E-state index in [4.69, 9.17) is 4.74 Å². The standard InChI is InChI=1S/C24H27F3N4O2/c1-24(6-8-33-9-7-24)23(32)31-12-14-10-16(11-15(14)13-31)28-20-5-4-19(29-30-20)17-2-3-18(25)22(27)21(17)26/h2-5,14-16H,6-13H2,1H3,(H,28,30)/t14-,15+,16?. The van der Waals surface area contributed by atoms with Crippen LogP contribution >= 0.6 is 0 Å². The van der Waals surface area contributed by atoms with Gasteiger partial charge in [0.05, 0.1) is 11.1 Å². The van der Waals surface area contributed by atoms with Gasteiger partial charge in [-0.2, -0.15) is 0 Å². The number of benzene rings is 1. The predicted octanol–water partition coefficient (Wildman–Crippen LogP) is 4.03. The number of aromatic nitrogens is 2. The zero-order valence-electron chi connectivity index (χ0n) is 18.5. The van der Waals surface area contributed by atoms with Crippen molar-refractivity contribution < 1.29 is 22.7 Å². The number of ether oxygens (including phenoxy) is 1. The van der Waals surface area contributed by atoms with Crippen molar-refractivity contribution in [3.63, 3.8) is 0 Å². The molecule has 5 rings (SSSR count). The third kappa shape index (κ3) is 4.18. The summed E-state index contributed by atoms with van der Waals surface area (Å²) in [5.74, 6) is -2.31. The van der Waals surface area contributed by atoms with Gasteiger partial charge in [-0.1, -0.05) is 6.92 Å². The van der Waals surface area contributed by atoms with Crippen LogP contribution in [-0.2, 0) is 9.53 Å². The molecule has 0 radical (unpaired) electrons. The van der Waals surface area contributed by atoms with E-state index < -0.39 is 17.5 Å². The number of hydrogen-bond acceptors (Lipinski definition) is 5. The fourth-order valence-corrected chi connectivity index (χ4v) is 5.49. The highest BCUT2D eigenvalue weighted by Gasteiger charge is 2.46. The molecular weight excluding hydrogens is 433 g/mol. The van der Waals surface area contributed by atoms with Crippen molar-refractivity contribution in [2.75, 3.05) is 31.6 Å². The average Bonchev–Trinajstić information content (AvgIpc) is 3.37. The number of fused-ring (bicyclic) bond motifs is 1. The maximum atomic E-state index is 14.0. The molecule has 1 amide bonds. The molecule has 0 bridgehead atoms. The van der Waals surface area contributed by atoms with Crippen LogP contribution in [0.5, 0.6) is 0 Å². The molecule has 176 valence electrons. The minimum Gasteiger partial charge on any atom is -0.381 e. The Bertz CT molecular complexity index is 1030. The SMILES string of the molecule is CC1(C(=O)N2C[C@H]3CC(Nc4ccc(-c5ccc(F)c(F)c5F)nn4)C[C@H]3C2)CCOCC1. The second-order valence-electron chi connectivity index (χ2n) is 9.74. The van der Waals surface area contributed by atoms with Crippen LogP contribution in [0.1, 0.15) is 32.6 Å². The van der Waals surface area contributed by atoms with Crippen LogP contribution in [0.15, 0.2) is 24.3 Å². The van der Waals surface area contributed by atoms with Gasteiger partial charge >= 0.3 is 0 Å². The summed E-state index contributed by atoms with van der Waals surface area (Å²) in [6, 6.07) is 5.44. The Morgan fingerprint density at radius 3 is 2.36 bits per heavy atom. The van der Waals surface area contributed by atoms with Gasteiger partial charge in [0, 0.05) is 37.9 Å². The number of hydrogen-bond donors (Lipinski definition) is 1. The minimum absolute atomic E-state index is 0.133. The van der Waals surface area contributed by atoms with Gasteiger partial charge < -0.3 is 15.0 Å². The highest BCUT2D eigenvalue weighted by molar-refractivity contribution is 5.82. The lowest BCUT2D eigenvalue weighted by Crippen LogP contribution is -2.44. The van der Waals surface area contributed by atoms with Gasteiger partial charge in [0.2, 0.25) is 5.91 Å². The smallest absolute Gasteiger partial charge is 0.228 e. The Labute approximate surface area is 190 Å². The third-order valence-corrected chi connectivity index (χ3v) is 7.48. The van der Waals surface area contributed by atoms with Crippen LogP contribution in [0.4, 0.5) is 19.0 Å². The first-order valence-corrected chi connectivity index (χ1v) is 11.5. The molecule has 1 N–H and O–H groups in total.